The minimum Gasteiger partial charge on any atom is -0.495 e. The van der Waals surface area contributed by atoms with Crippen LogP contribution in [0.3, 0.4) is 0 Å². The number of hydrogen-bond donors (Lipinski definition) is 1. The molecule has 1 N–H and O–H groups in total. The van der Waals surface area contributed by atoms with Crippen molar-refractivity contribution in [3.8, 4) is 5.75 Å². The SMILES string of the molecule is COc1ccc(C(=O)N(Cc2ccco2)Cc2ccc(C)s2)cc1S(=O)(=O)NC1CC1. The summed E-state index contributed by atoms with van der Waals surface area (Å²) in [6.45, 7) is 2.68. The molecule has 1 saturated carbocycles. The Balaban J connectivity index is 1.65. The van der Waals surface area contributed by atoms with Crippen LogP contribution in [0.2, 0.25) is 0 Å². The molecule has 0 spiro atoms. The number of rotatable bonds is 9. The summed E-state index contributed by atoms with van der Waals surface area (Å²) >= 11 is 1.62. The Labute approximate surface area is 185 Å². The first-order valence-electron chi connectivity index (χ1n) is 9.93. The highest BCUT2D eigenvalue weighted by atomic mass is 32.2. The lowest BCUT2D eigenvalue weighted by atomic mass is 10.1. The quantitative estimate of drug-likeness (QED) is 0.522. The second-order valence-corrected chi connectivity index (χ2v) is 10.6. The first-order chi connectivity index (χ1) is 14.9. The Morgan fingerprint density at radius 1 is 1.23 bits per heavy atom. The molecule has 9 heteroatoms. The third-order valence-electron chi connectivity index (χ3n) is 4.96. The first-order valence-corrected chi connectivity index (χ1v) is 12.2. The molecule has 1 fully saturated rings. The second kappa shape index (κ2) is 8.86. The van der Waals surface area contributed by atoms with E-state index in [4.69, 9.17) is 9.15 Å². The maximum Gasteiger partial charge on any atom is 0.254 e. The summed E-state index contributed by atoms with van der Waals surface area (Å²) in [5, 5.41) is 0. The Bertz CT molecular complexity index is 1160. The summed E-state index contributed by atoms with van der Waals surface area (Å²) in [6, 6.07) is 12.0. The third-order valence-corrected chi connectivity index (χ3v) is 7.48. The number of ether oxygens (including phenoxy) is 1. The molecule has 164 valence electrons. The van der Waals surface area contributed by atoms with E-state index < -0.39 is 10.0 Å². The lowest BCUT2D eigenvalue weighted by Gasteiger charge is -2.22. The molecule has 0 saturated heterocycles. The number of nitrogens with one attached hydrogen (secondary N) is 1. The van der Waals surface area contributed by atoms with Gasteiger partial charge in [-0.1, -0.05) is 0 Å². The van der Waals surface area contributed by atoms with Gasteiger partial charge in [-0.05, 0) is 62.2 Å². The summed E-state index contributed by atoms with van der Waals surface area (Å²) in [7, 11) is -2.38. The molecule has 1 aliphatic rings. The topological polar surface area (TPSA) is 88.8 Å². The van der Waals surface area contributed by atoms with Crippen LogP contribution in [0, 0.1) is 6.92 Å². The molecule has 0 aliphatic heterocycles. The van der Waals surface area contributed by atoms with Gasteiger partial charge in [0.15, 0.2) is 0 Å². The van der Waals surface area contributed by atoms with E-state index in [1.54, 1.807) is 34.6 Å². The molecule has 31 heavy (non-hydrogen) atoms. The minimum atomic E-state index is -3.79. The molecule has 2 heterocycles. The fourth-order valence-corrected chi connectivity index (χ4v) is 5.64. The van der Waals surface area contributed by atoms with Crippen LogP contribution in [0.25, 0.3) is 0 Å². The lowest BCUT2D eigenvalue weighted by Crippen LogP contribution is -2.30. The molecule has 2 aromatic heterocycles. The highest BCUT2D eigenvalue weighted by Gasteiger charge is 2.31. The van der Waals surface area contributed by atoms with Crippen LogP contribution in [0.4, 0.5) is 0 Å². The zero-order valence-electron chi connectivity index (χ0n) is 17.3. The highest BCUT2D eigenvalue weighted by molar-refractivity contribution is 7.89. The average molecular weight is 461 g/mol. The van der Waals surface area contributed by atoms with Gasteiger partial charge in [-0.15, -0.1) is 11.3 Å². The minimum absolute atomic E-state index is 0.0299. The van der Waals surface area contributed by atoms with E-state index in [-0.39, 0.29) is 34.7 Å². The zero-order chi connectivity index (χ0) is 22.0. The molecule has 7 nitrogen and oxygen atoms in total. The Hall–Kier alpha value is -2.62. The number of sulfonamides is 1. The van der Waals surface area contributed by atoms with E-state index in [1.807, 2.05) is 25.1 Å². The van der Waals surface area contributed by atoms with Crippen molar-refractivity contribution < 1.29 is 22.4 Å². The number of furan rings is 1. The molecule has 0 radical (unpaired) electrons. The second-order valence-electron chi connectivity index (χ2n) is 7.51. The van der Waals surface area contributed by atoms with Gasteiger partial charge in [0.25, 0.3) is 5.91 Å². The van der Waals surface area contributed by atoms with Gasteiger partial charge in [-0.25, -0.2) is 13.1 Å². The number of hydrogen-bond acceptors (Lipinski definition) is 6. The Morgan fingerprint density at radius 2 is 2.03 bits per heavy atom. The van der Waals surface area contributed by atoms with Gasteiger partial charge in [0, 0.05) is 21.4 Å². The summed E-state index contributed by atoms with van der Waals surface area (Å²) in [5.74, 6) is 0.572. The van der Waals surface area contributed by atoms with Gasteiger partial charge < -0.3 is 14.1 Å². The number of methoxy groups -OCH3 is 1. The van der Waals surface area contributed by atoms with Crippen LogP contribution in [0.1, 0.15) is 38.7 Å². The predicted molar refractivity (Wildman–Crippen MR) is 118 cm³/mol. The van der Waals surface area contributed by atoms with E-state index >= 15 is 0 Å². The standard InChI is InChI=1S/C22H24N2O5S2/c1-15-5-9-19(30-15)14-24(13-18-4-3-11-29-18)22(25)16-6-10-20(28-2)21(12-16)31(26,27)23-17-7-8-17/h3-6,9-12,17,23H,7-8,13-14H2,1-2H3. The number of aryl methyl sites for hydroxylation is 1. The maximum absolute atomic E-state index is 13.4. The fourth-order valence-electron chi connectivity index (χ4n) is 3.23. The van der Waals surface area contributed by atoms with Gasteiger partial charge in [0.05, 0.1) is 26.5 Å². The molecule has 4 rings (SSSR count). The van der Waals surface area contributed by atoms with Crippen molar-refractivity contribution in [2.75, 3.05) is 7.11 Å². The summed E-state index contributed by atoms with van der Waals surface area (Å²) < 4.78 is 39.0. The zero-order valence-corrected chi connectivity index (χ0v) is 19.0. The van der Waals surface area contributed by atoms with Crippen molar-refractivity contribution in [2.45, 2.75) is 43.8 Å². The van der Waals surface area contributed by atoms with Crippen LogP contribution in [0.5, 0.6) is 5.75 Å². The van der Waals surface area contributed by atoms with Crippen LogP contribution in [-0.4, -0.2) is 32.4 Å². The molecule has 3 aromatic rings. The van der Waals surface area contributed by atoms with Crippen molar-refractivity contribution in [2.24, 2.45) is 0 Å². The lowest BCUT2D eigenvalue weighted by molar-refractivity contribution is 0.0719. The van der Waals surface area contributed by atoms with E-state index in [0.717, 1.165) is 22.6 Å². The van der Waals surface area contributed by atoms with Gasteiger partial charge in [0.2, 0.25) is 10.0 Å². The van der Waals surface area contributed by atoms with Crippen molar-refractivity contribution >= 4 is 27.3 Å². The molecular formula is C22H24N2O5S2. The molecule has 1 aromatic carbocycles. The van der Waals surface area contributed by atoms with Gasteiger partial charge >= 0.3 is 0 Å². The molecule has 0 unspecified atom stereocenters. The van der Waals surface area contributed by atoms with Crippen LogP contribution in [-0.2, 0) is 23.1 Å². The highest BCUT2D eigenvalue weighted by Crippen LogP contribution is 2.29. The number of amides is 1. The monoisotopic (exact) mass is 460 g/mol. The van der Waals surface area contributed by atoms with Gasteiger partial charge in [-0.3, -0.25) is 4.79 Å². The van der Waals surface area contributed by atoms with Gasteiger partial charge in [0.1, 0.15) is 16.4 Å². The van der Waals surface area contributed by atoms with E-state index in [0.29, 0.717) is 12.3 Å². The fraction of sp³-hybridized carbons (Fsp3) is 0.318. The normalized spacial score (nSPS) is 13.9. The summed E-state index contributed by atoms with van der Waals surface area (Å²) in [6.07, 6.45) is 3.20. The van der Waals surface area contributed by atoms with Crippen LogP contribution < -0.4 is 9.46 Å². The number of nitrogens with zero attached hydrogens (tertiary/aromatic N) is 1. The Kier molecular flexibility index (Phi) is 6.17. The number of carbonyl (C=O) groups is 1. The van der Waals surface area contributed by atoms with E-state index in [9.17, 15) is 13.2 Å². The van der Waals surface area contributed by atoms with Crippen LogP contribution in [0.15, 0.2) is 58.0 Å². The number of thiophene rings is 1. The number of carbonyl (C=O) groups excluding carboxylic acids is 1. The summed E-state index contributed by atoms with van der Waals surface area (Å²) in [5.41, 5.74) is 0.275. The van der Waals surface area contributed by atoms with Crippen molar-refractivity contribution in [3.05, 3.63) is 69.8 Å². The average Bonchev–Trinajstić information content (AvgIpc) is 3.21. The first kappa shape index (κ1) is 21.6. The van der Waals surface area contributed by atoms with E-state index in [2.05, 4.69) is 4.72 Å². The largest absolute Gasteiger partial charge is 0.495 e. The molecule has 1 aliphatic carbocycles. The third kappa shape index (κ3) is 5.17. The number of benzene rings is 1. The molecule has 1 amide bonds. The van der Waals surface area contributed by atoms with Gasteiger partial charge in [-0.2, -0.15) is 0 Å². The smallest absolute Gasteiger partial charge is 0.254 e. The Morgan fingerprint density at radius 3 is 2.65 bits per heavy atom. The van der Waals surface area contributed by atoms with Crippen LogP contribution >= 0.6 is 11.3 Å². The maximum atomic E-state index is 13.4. The predicted octanol–water partition coefficient (Wildman–Crippen LogP) is 3.94. The summed E-state index contributed by atoms with van der Waals surface area (Å²) in [4.78, 5) is 17.2. The van der Waals surface area contributed by atoms with Crippen molar-refractivity contribution in [3.63, 3.8) is 0 Å². The van der Waals surface area contributed by atoms with Crippen molar-refractivity contribution in [1.29, 1.82) is 0 Å². The molecule has 0 atom stereocenters. The molecule has 0 bridgehead atoms. The molecular weight excluding hydrogens is 436 g/mol. The van der Waals surface area contributed by atoms with E-state index in [1.165, 1.54) is 19.2 Å². The van der Waals surface area contributed by atoms with Crippen molar-refractivity contribution in [1.82, 2.24) is 9.62 Å².